The van der Waals surface area contributed by atoms with E-state index in [2.05, 4.69) is 34.9 Å². The van der Waals surface area contributed by atoms with Crippen LogP contribution in [-0.4, -0.2) is 18.1 Å². The summed E-state index contributed by atoms with van der Waals surface area (Å²) >= 11 is 0. The van der Waals surface area contributed by atoms with E-state index in [-0.39, 0.29) is 6.03 Å². The van der Waals surface area contributed by atoms with Gasteiger partial charge in [0.2, 0.25) is 0 Å². The van der Waals surface area contributed by atoms with Crippen LogP contribution in [0.1, 0.15) is 36.8 Å². The highest BCUT2D eigenvalue weighted by Gasteiger charge is 2.23. The quantitative estimate of drug-likeness (QED) is 0.824. The zero-order valence-corrected chi connectivity index (χ0v) is 10.6. The number of aryl methyl sites for hydroxylation is 1. The molecule has 0 saturated heterocycles. The van der Waals surface area contributed by atoms with Crippen molar-refractivity contribution in [1.82, 2.24) is 10.6 Å². The fraction of sp³-hybridized carbons (Fsp3) is 0.533. The Labute approximate surface area is 108 Å². The molecule has 3 nitrogen and oxygen atoms in total. The highest BCUT2D eigenvalue weighted by Crippen LogP contribution is 2.21. The van der Waals surface area contributed by atoms with Gasteiger partial charge in [-0.2, -0.15) is 0 Å². The second kappa shape index (κ2) is 5.01. The summed E-state index contributed by atoms with van der Waals surface area (Å²) in [4.78, 5) is 11.8. The molecule has 96 valence electrons. The van der Waals surface area contributed by atoms with E-state index in [1.165, 1.54) is 17.5 Å². The molecule has 2 aliphatic rings. The highest BCUT2D eigenvalue weighted by molar-refractivity contribution is 5.74. The number of amides is 2. The Morgan fingerprint density at radius 2 is 1.72 bits per heavy atom. The molecule has 0 radical (unpaired) electrons. The van der Waals surface area contributed by atoms with Crippen LogP contribution in [-0.2, 0) is 12.8 Å². The normalized spacial score (nSPS) is 22.8. The molecule has 1 saturated carbocycles. The van der Waals surface area contributed by atoms with E-state index in [4.69, 9.17) is 0 Å². The Bertz CT molecular complexity index is 440. The summed E-state index contributed by atoms with van der Waals surface area (Å²) in [6, 6.07) is 9.27. The number of carbonyl (C=O) groups excluding carboxylic acids is 1. The van der Waals surface area contributed by atoms with Gasteiger partial charge in [-0.05, 0) is 49.7 Å². The molecule has 1 aromatic carbocycles. The maximum absolute atomic E-state index is 11.8. The molecule has 0 heterocycles. The first-order chi connectivity index (χ1) is 8.81. The SMILES string of the molecule is O=C(NC1CCC1)NC1CCc2ccccc2C1. The van der Waals surface area contributed by atoms with Crippen molar-refractivity contribution in [2.75, 3.05) is 0 Å². The molecule has 18 heavy (non-hydrogen) atoms. The zero-order chi connectivity index (χ0) is 12.4. The maximum atomic E-state index is 11.8. The minimum atomic E-state index is 0.0177. The van der Waals surface area contributed by atoms with Crippen LogP contribution in [0.25, 0.3) is 0 Å². The van der Waals surface area contributed by atoms with Crippen LogP contribution in [0.2, 0.25) is 0 Å². The molecule has 0 spiro atoms. The fourth-order valence-electron chi connectivity index (χ4n) is 2.79. The largest absolute Gasteiger partial charge is 0.335 e. The Hall–Kier alpha value is -1.51. The number of urea groups is 1. The van der Waals surface area contributed by atoms with Crippen LogP contribution >= 0.6 is 0 Å². The van der Waals surface area contributed by atoms with Crippen molar-refractivity contribution in [3.63, 3.8) is 0 Å². The molecule has 0 aromatic heterocycles. The third-order valence-electron chi connectivity index (χ3n) is 4.12. The lowest BCUT2D eigenvalue weighted by molar-refractivity contribution is 0.223. The molecule has 1 aromatic rings. The van der Waals surface area contributed by atoms with Gasteiger partial charge in [0.05, 0.1) is 0 Å². The first-order valence-corrected chi connectivity index (χ1v) is 6.95. The van der Waals surface area contributed by atoms with Crippen molar-refractivity contribution in [3.05, 3.63) is 35.4 Å². The number of carbonyl (C=O) groups is 1. The van der Waals surface area contributed by atoms with E-state index >= 15 is 0 Å². The summed E-state index contributed by atoms with van der Waals surface area (Å²) in [5, 5.41) is 6.15. The van der Waals surface area contributed by atoms with Crippen LogP contribution in [0, 0.1) is 0 Å². The smallest absolute Gasteiger partial charge is 0.315 e. The molecule has 2 aliphatic carbocycles. The minimum Gasteiger partial charge on any atom is -0.335 e. The van der Waals surface area contributed by atoms with Gasteiger partial charge in [0.25, 0.3) is 0 Å². The van der Waals surface area contributed by atoms with E-state index < -0.39 is 0 Å². The van der Waals surface area contributed by atoms with Gasteiger partial charge in [0, 0.05) is 12.1 Å². The lowest BCUT2D eigenvalue weighted by Crippen LogP contribution is -2.49. The van der Waals surface area contributed by atoms with Crippen molar-refractivity contribution in [2.24, 2.45) is 0 Å². The average Bonchev–Trinajstić information content (AvgIpc) is 2.34. The standard InChI is InChI=1S/C15H20N2O/c18-15(16-13-6-3-7-13)17-14-9-8-11-4-1-2-5-12(11)10-14/h1-2,4-5,13-14H,3,6-10H2,(H2,16,17,18). The third-order valence-corrected chi connectivity index (χ3v) is 4.12. The van der Waals surface area contributed by atoms with Crippen molar-refractivity contribution < 1.29 is 4.79 Å². The van der Waals surface area contributed by atoms with Crippen molar-refractivity contribution in [3.8, 4) is 0 Å². The zero-order valence-electron chi connectivity index (χ0n) is 10.6. The molecule has 2 N–H and O–H groups in total. The molecule has 3 heteroatoms. The van der Waals surface area contributed by atoms with E-state index in [1.54, 1.807) is 0 Å². The number of hydrogen-bond acceptors (Lipinski definition) is 1. The lowest BCUT2D eigenvalue weighted by Gasteiger charge is -2.29. The molecule has 0 bridgehead atoms. The summed E-state index contributed by atoms with van der Waals surface area (Å²) in [6.07, 6.45) is 6.62. The van der Waals surface area contributed by atoms with E-state index in [1.807, 2.05) is 0 Å². The van der Waals surface area contributed by atoms with Gasteiger partial charge in [0.1, 0.15) is 0 Å². The predicted octanol–water partition coefficient (Wildman–Crippen LogP) is 2.40. The van der Waals surface area contributed by atoms with Gasteiger partial charge in [-0.25, -0.2) is 4.79 Å². The molecule has 1 unspecified atom stereocenters. The van der Waals surface area contributed by atoms with Crippen molar-refractivity contribution in [1.29, 1.82) is 0 Å². The monoisotopic (exact) mass is 244 g/mol. The molecular weight excluding hydrogens is 224 g/mol. The topological polar surface area (TPSA) is 41.1 Å². The Kier molecular flexibility index (Phi) is 3.22. The van der Waals surface area contributed by atoms with Crippen molar-refractivity contribution >= 4 is 6.03 Å². The van der Waals surface area contributed by atoms with E-state index in [0.717, 1.165) is 32.1 Å². The lowest BCUT2D eigenvalue weighted by atomic mass is 9.88. The summed E-state index contributed by atoms with van der Waals surface area (Å²) in [7, 11) is 0. The summed E-state index contributed by atoms with van der Waals surface area (Å²) < 4.78 is 0. The van der Waals surface area contributed by atoms with Crippen LogP contribution < -0.4 is 10.6 Å². The number of fused-ring (bicyclic) bond motifs is 1. The number of hydrogen-bond donors (Lipinski definition) is 2. The van der Waals surface area contributed by atoms with Gasteiger partial charge in [0.15, 0.2) is 0 Å². The van der Waals surface area contributed by atoms with Crippen molar-refractivity contribution in [2.45, 2.75) is 50.6 Å². The Morgan fingerprint density at radius 3 is 2.44 bits per heavy atom. The van der Waals surface area contributed by atoms with Crippen LogP contribution in [0.3, 0.4) is 0 Å². The summed E-state index contributed by atoms with van der Waals surface area (Å²) in [6.45, 7) is 0. The number of nitrogens with one attached hydrogen (secondary N) is 2. The first-order valence-electron chi connectivity index (χ1n) is 6.95. The van der Waals surface area contributed by atoms with Gasteiger partial charge >= 0.3 is 6.03 Å². The van der Waals surface area contributed by atoms with Gasteiger partial charge in [-0.15, -0.1) is 0 Å². The Morgan fingerprint density at radius 1 is 1.00 bits per heavy atom. The van der Waals surface area contributed by atoms with Crippen LogP contribution in [0.15, 0.2) is 24.3 Å². The van der Waals surface area contributed by atoms with Gasteiger partial charge in [-0.1, -0.05) is 24.3 Å². The number of benzene rings is 1. The molecular formula is C15H20N2O. The summed E-state index contributed by atoms with van der Waals surface area (Å²) in [5.74, 6) is 0. The Balaban J connectivity index is 1.54. The second-order valence-electron chi connectivity index (χ2n) is 5.45. The van der Waals surface area contributed by atoms with E-state index in [0.29, 0.717) is 12.1 Å². The summed E-state index contributed by atoms with van der Waals surface area (Å²) in [5.41, 5.74) is 2.83. The third kappa shape index (κ3) is 2.50. The van der Waals surface area contributed by atoms with E-state index in [9.17, 15) is 4.79 Å². The molecule has 3 rings (SSSR count). The first kappa shape index (κ1) is 11.6. The van der Waals surface area contributed by atoms with Gasteiger partial charge in [-0.3, -0.25) is 0 Å². The molecule has 2 amide bonds. The predicted molar refractivity (Wildman–Crippen MR) is 71.6 cm³/mol. The molecule has 0 aliphatic heterocycles. The molecule has 1 atom stereocenters. The highest BCUT2D eigenvalue weighted by atomic mass is 16.2. The fourth-order valence-corrected chi connectivity index (χ4v) is 2.79. The second-order valence-corrected chi connectivity index (χ2v) is 5.45. The van der Waals surface area contributed by atoms with Crippen LogP contribution in [0.5, 0.6) is 0 Å². The minimum absolute atomic E-state index is 0.0177. The molecule has 1 fully saturated rings. The maximum Gasteiger partial charge on any atom is 0.315 e. The van der Waals surface area contributed by atoms with Crippen LogP contribution in [0.4, 0.5) is 4.79 Å². The van der Waals surface area contributed by atoms with Gasteiger partial charge < -0.3 is 10.6 Å². The number of rotatable bonds is 2. The average molecular weight is 244 g/mol.